The van der Waals surface area contributed by atoms with Crippen LogP contribution >= 0.6 is 0 Å². The Morgan fingerprint density at radius 2 is 1.86 bits per heavy atom. The van der Waals surface area contributed by atoms with E-state index in [1.165, 1.54) is 12.1 Å². The second kappa shape index (κ2) is 4.73. The van der Waals surface area contributed by atoms with Gasteiger partial charge in [-0.2, -0.15) is 0 Å². The van der Waals surface area contributed by atoms with E-state index in [0.717, 1.165) is 17.1 Å². The number of hydrogen-bond donors (Lipinski definition) is 0. The molecule has 0 N–H and O–H groups in total. The first kappa shape index (κ1) is 13.1. The number of rotatable bonds is 1. The lowest BCUT2D eigenvalue weighted by molar-refractivity contribution is -0.119. The molecule has 5 heteroatoms. The van der Waals surface area contributed by atoms with Crippen LogP contribution in [0, 0.1) is 5.82 Å². The van der Waals surface area contributed by atoms with Gasteiger partial charge < -0.3 is 14.7 Å². The maximum Gasteiger partial charge on any atom is 0.251 e. The summed E-state index contributed by atoms with van der Waals surface area (Å²) in [4.78, 5) is 18.4. The van der Waals surface area contributed by atoms with Gasteiger partial charge in [0.05, 0.1) is 18.0 Å². The number of amides is 1. The van der Waals surface area contributed by atoms with E-state index < -0.39 is 0 Å². The maximum atomic E-state index is 13.7. The van der Waals surface area contributed by atoms with E-state index in [1.54, 1.807) is 18.0 Å². The third kappa shape index (κ3) is 1.85. The van der Waals surface area contributed by atoms with E-state index in [0.29, 0.717) is 13.2 Å². The Morgan fingerprint density at radius 1 is 1.09 bits per heavy atom. The zero-order valence-corrected chi connectivity index (χ0v) is 12.2. The second-order valence-electron chi connectivity index (χ2n) is 5.72. The largest absolute Gasteiger partial charge is 0.351 e. The molecule has 2 aliphatic rings. The standard InChI is InChI=1S/C17H16FN3O/c1-19-14-8-7-12(18)9-15(14)21-11-20(10-16(21)17(19)22)13-5-3-2-4-6-13/h2-9,16H,10-11H2,1H3/t16-/m0/s1. The molecule has 0 aromatic heterocycles. The van der Waals surface area contributed by atoms with Gasteiger partial charge in [-0.1, -0.05) is 18.2 Å². The summed E-state index contributed by atoms with van der Waals surface area (Å²) in [6, 6.07) is 14.3. The van der Waals surface area contributed by atoms with Crippen LogP contribution in [0.2, 0.25) is 0 Å². The van der Waals surface area contributed by atoms with Crippen LogP contribution in [-0.2, 0) is 4.79 Å². The van der Waals surface area contributed by atoms with Crippen LogP contribution in [0.25, 0.3) is 0 Å². The molecule has 2 heterocycles. The molecule has 2 aliphatic heterocycles. The minimum atomic E-state index is -0.279. The second-order valence-corrected chi connectivity index (χ2v) is 5.72. The number of carbonyl (C=O) groups excluding carboxylic acids is 1. The fourth-order valence-electron chi connectivity index (χ4n) is 3.28. The van der Waals surface area contributed by atoms with Crippen LogP contribution < -0.4 is 14.7 Å². The average molecular weight is 297 g/mol. The van der Waals surface area contributed by atoms with E-state index in [1.807, 2.05) is 35.2 Å². The molecule has 4 rings (SSSR count). The zero-order valence-electron chi connectivity index (χ0n) is 12.2. The Bertz CT molecular complexity index is 734. The van der Waals surface area contributed by atoms with E-state index >= 15 is 0 Å². The molecule has 0 aliphatic carbocycles. The summed E-state index contributed by atoms with van der Waals surface area (Å²) in [5, 5.41) is 0. The number of likely N-dealkylation sites (N-methyl/N-ethyl adjacent to an activating group) is 1. The smallest absolute Gasteiger partial charge is 0.251 e. The monoisotopic (exact) mass is 297 g/mol. The number of anilines is 3. The summed E-state index contributed by atoms with van der Waals surface area (Å²) >= 11 is 0. The minimum Gasteiger partial charge on any atom is -0.351 e. The van der Waals surface area contributed by atoms with E-state index in [9.17, 15) is 9.18 Å². The maximum absolute atomic E-state index is 13.7. The van der Waals surface area contributed by atoms with Gasteiger partial charge >= 0.3 is 0 Å². The SMILES string of the molecule is CN1C(=O)[C@@H]2CN(c3ccccc3)CN2c2cc(F)ccc21. The molecule has 0 unspecified atom stereocenters. The lowest BCUT2D eigenvalue weighted by Crippen LogP contribution is -2.50. The van der Waals surface area contributed by atoms with Gasteiger partial charge in [-0.25, -0.2) is 4.39 Å². The van der Waals surface area contributed by atoms with Gasteiger partial charge in [-0.05, 0) is 30.3 Å². The number of carbonyl (C=O) groups is 1. The molecule has 1 amide bonds. The number of halogens is 1. The molecule has 0 bridgehead atoms. The molecule has 1 saturated heterocycles. The topological polar surface area (TPSA) is 26.8 Å². The lowest BCUT2D eigenvalue weighted by Gasteiger charge is -2.36. The predicted molar refractivity (Wildman–Crippen MR) is 84.7 cm³/mol. The fraction of sp³-hybridized carbons (Fsp3) is 0.235. The molecular weight excluding hydrogens is 281 g/mol. The van der Waals surface area contributed by atoms with Crippen LogP contribution in [0.4, 0.5) is 21.5 Å². The van der Waals surface area contributed by atoms with E-state index in [4.69, 9.17) is 0 Å². The van der Waals surface area contributed by atoms with Gasteiger partial charge in [0.25, 0.3) is 5.91 Å². The highest BCUT2D eigenvalue weighted by molar-refractivity contribution is 6.06. The number of hydrogen-bond acceptors (Lipinski definition) is 3. The van der Waals surface area contributed by atoms with E-state index in [2.05, 4.69) is 4.90 Å². The van der Waals surface area contributed by atoms with Gasteiger partial charge in [0, 0.05) is 19.3 Å². The van der Waals surface area contributed by atoms with Crippen LogP contribution in [0.5, 0.6) is 0 Å². The number of fused-ring (bicyclic) bond motifs is 3. The summed E-state index contributed by atoms with van der Waals surface area (Å²) in [5.41, 5.74) is 2.62. The van der Waals surface area contributed by atoms with E-state index in [-0.39, 0.29) is 17.8 Å². The quantitative estimate of drug-likeness (QED) is 0.809. The van der Waals surface area contributed by atoms with Crippen LogP contribution in [0.3, 0.4) is 0 Å². The number of para-hydroxylation sites is 1. The summed E-state index contributed by atoms with van der Waals surface area (Å²) in [6.45, 7) is 1.20. The molecule has 2 aromatic rings. The van der Waals surface area contributed by atoms with Crippen molar-refractivity contribution in [3.8, 4) is 0 Å². The van der Waals surface area contributed by atoms with Gasteiger partial charge in [-0.3, -0.25) is 4.79 Å². The van der Waals surface area contributed by atoms with Crippen molar-refractivity contribution in [1.82, 2.24) is 0 Å². The Balaban J connectivity index is 1.75. The first-order valence-corrected chi connectivity index (χ1v) is 7.29. The third-order valence-electron chi connectivity index (χ3n) is 4.44. The van der Waals surface area contributed by atoms with Crippen molar-refractivity contribution in [3.63, 3.8) is 0 Å². The normalized spacial score (nSPS) is 20.2. The summed E-state index contributed by atoms with van der Waals surface area (Å²) in [6.07, 6.45) is 0. The first-order chi connectivity index (χ1) is 10.6. The molecule has 4 nitrogen and oxygen atoms in total. The Morgan fingerprint density at radius 3 is 2.64 bits per heavy atom. The molecule has 0 radical (unpaired) electrons. The predicted octanol–water partition coefficient (Wildman–Crippen LogP) is 2.45. The van der Waals surface area contributed by atoms with Crippen molar-refractivity contribution in [3.05, 3.63) is 54.3 Å². The summed E-state index contributed by atoms with van der Waals surface area (Å²) < 4.78 is 13.7. The molecule has 0 saturated carbocycles. The van der Waals surface area contributed by atoms with Crippen molar-refractivity contribution in [2.24, 2.45) is 0 Å². The number of nitrogens with zero attached hydrogens (tertiary/aromatic N) is 3. The van der Waals surface area contributed by atoms with Crippen molar-refractivity contribution in [2.75, 3.05) is 35.0 Å². The first-order valence-electron chi connectivity index (χ1n) is 7.29. The fourth-order valence-corrected chi connectivity index (χ4v) is 3.28. The van der Waals surface area contributed by atoms with Gasteiger partial charge in [-0.15, -0.1) is 0 Å². The van der Waals surface area contributed by atoms with Crippen molar-refractivity contribution in [1.29, 1.82) is 0 Å². The lowest BCUT2D eigenvalue weighted by atomic mass is 10.1. The van der Waals surface area contributed by atoms with Crippen LogP contribution in [0.1, 0.15) is 0 Å². The van der Waals surface area contributed by atoms with Gasteiger partial charge in [0.1, 0.15) is 11.9 Å². The average Bonchev–Trinajstić information content (AvgIpc) is 2.99. The Labute approximate surface area is 128 Å². The van der Waals surface area contributed by atoms with Crippen LogP contribution in [-0.4, -0.2) is 32.2 Å². The molecule has 2 aromatic carbocycles. The Hall–Kier alpha value is -2.56. The van der Waals surface area contributed by atoms with Crippen molar-refractivity contribution < 1.29 is 9.18 Å². The minimum absolute atomic E-state index is 0.0533. The molecule has 1 atom stereocenters. The highest BCUT2D eigenvalue weighted by Gasteiger charge is 2.42. The molecule has 0 spiro atoms. The van der Waals surface area contributed by atoms with Crippen molar-refractivity contribution in [2.45, 2.75) is 6.04 Å². The number of benzene rings is 2. The van der Waals surface area contributed by atoms with Crippen LogP contribution in [0.15, 0.2) is 48.5 Å². The molecular formula is C17H16FN3O. The molecule has 22 heavy (non-hydrogen) atoms. The summed E-state index contributed by atoms with van der Waals surface area (Å²) in [7, 11) is 1.75. The van der Waals surface area contributed by atoms with Crippen molar-refractivity contribution >= 4 is 23.0 Å². The highest BCUT2D eigenvalue weighted by Crippen LogP contribution is 2.39. The third-order valence-corrected chi connectivity index (χ3v) is 4.44. The van der Waals surface area contributed by atoms with Gasteiger partial charge in [0.15, 0.2) is 0 Å². The molecule has 1 fully saturated rings. The summed E-state index contributed by atoms with van der Waals surface area (Å²) in [5.74, 6) is -0.226. The molecule has 112 valence electrons. The van der Waals surface area contributed by atoms with Gasteiger partial charge in [0.2, 0.25) is 0 Å². The highest BCUT2D eigenvalue weighted by atomic mass is 19.1. The zero-order chi connectivity index (χ0) is 15.3. The Kier molecular flexibility index (Phi) is 2.82.